The highest BCUT2D eigenvalue weighted by molar-refractivity contribution is 5.94. The molecule has 0 aliphatic rings. The summed E-state index contributed by atoms with van der Waals surface area (Å²) in [6.45, 7) is 3.92. The number of rotatable bonds is 4. The van der Waals surface area contributed by atoms with Crippen molar-refractivity contribution in [2.45, 2.75) is 13.8 Å². The molecule has 4 nitrogen and oxygen atoms in total. The minimum Gasteiger partial charge on any atom is -0.318 e. The molecule has 0 radical (unpaired) electrons. The SMILES string of the molecule is Cc1cc(/C=N\NC(=O)c2ccccc2)c(C)n1-c1ccc(F)cc1. The highest BCUT2D eigenvalue weighted by atomic mass is 19.1. The van der Waals surface area contributed by atoms with Crippen LogP contribution in [0.2, 0.25) is 0 Å². The zero-order chi connectivity index (χ0) is 17.8. The fourth-order valence-corrected chi connectivity index (χ4v) is 2.72. The Morgan fingerprint density at radius 3 is 2.44 bits per heavy atom. The minimum atomic E-state index is -0.267. The maximum atomic E-state index is 13.1. The quantitative estimate of drug-likeness (QED) is 0.568. The van der Waals surface area contributed by atoms with Crippen molar-refractivity contribution in [2.75, 3.05) is 0 Å². The van der Waals surface area contributed by atoms with Crippen LogP contribution < -0.4 is 5.43 Å². The lowest BCUT2D eigenvalue weighted by Crippen LogP contribution is -2.17. The van der Waals surface area contributed by atoms with E-state index < -0.39 is 0 Å². The number of carbonyl (C=O) groups excluding carboxylic acids is 1. The molecule has 3 rings (SSSR count). The molecule has 3 aromatic rings. The van der Waals surface area contributed by atoms with Crippen molar-refractivity contribution in [3.05, 3.63) is 89.0 Å². The van der Waals surface area contributed by atoms with Crippen LogP contribution in [0.15, 0.2) is 65.8 Å². The second-order valence-electron chi connectivity index (χ2n) is 5.70. The second kappa shape index (κ2) is 7.13. The lowest BCUT2D eigenvalue weighted by Gasteiger charge is -2.09. The molecule has 1 amide bonds. The van der Waals surface area contributed by atoms with Gasteiger partial charge in [0.15, 0.2) is 0 Å². The maximum absolute atomic E-state index is 13.1. The van der Waals surface area contributed by atoms with Crippen molar-refractivity contribution in [1.82, 2.24) is 9.99 Å². The molecule has 0 fully saturated rings. The molecule has 1 heterocycles. The number of benzene rings is 2. The van der Waals surface area contributed by atoms with Gasteiger partial charge < -0.3 is 4.57 Å². The first kappa shape index (κ1) is 16.6. The predicted molar refractivity (Wildman–Crippen MR) is 96.7 cm³/mol. The van der Waals surface area contributed by atoms with Gasteiger partial charge in [-0.15, -0.1) is 0 Å². The van der Waals surface area contributed by atoms with Gasteiger partial charge >= 0.3 is 0 Å². The Bertz CT molecular complexity index is 912. The van der Waals surface area contributed by atoms with Gasteiger partial charge in [-0.2, -0.15) is 5.10 Å². The number of carbonyl (C=O) groups is 1. The molecule has 0 aliphatic heterocycles. The summed E-state index contributed by atoms with van der Waals surface area (Å²) in [4.78, 5) is 12.0. The zero-order valence-corrected chi connectivity index (χ0v) is 14.0. The lowest BCUT2D eigenvalue weighted by atomic mass is 10.2. The highest BCUT2D eigenvalue weighted by Crippen LogP contribution is 2.20. The van der Waals surface area contributed by atoms with Gasteiger partial charge in [-0.1, -0.05) is 18.2 Å². The number of amides is 1. The first-order chi connectivity index (χ1) is 12.1. The number of nitrogens with one attached hydrogen (secondary N) is 1. The lowest BCUT2D eigenvalue weighted by molar-refractivity contribution is 0.0955. The fourth-order valence-electron chi connectivity index (χ4n) is 2.72. The number of aromatic nitrogens is 1. The van der Waals surface area contributed by atoms with Crippen molar-refractivity contribution in [3.8, 4) is 5.69 Å². The van der Waals surface area contributed by atoms with E-state index in [0.717, 1.165) is 22.6 Å². The Hall–Kier alpha value is -3.21. The normalized spacial score (nSPS) is 11.0. The minimum absolute atomic E-state index is 0.260. The number of hydrogen-bond acceptors (Lipinski definition) is 2. The summed E-state index contributed by atoms with van der Waals surface area (Å²) in [5.74, 6) is -0.527. The third kappa shape index (κ3) is 3.66. The first-order valence-electron chi connectivity index (χ1n) is 7.89. The van der Waals surface area contributed by atoms with Crippen LogP contribution in [0.3, 0.4) is 0 Å². The number of aryl methyl sites for hydroxylation is 1. The largest absolute Gasteiger partial charge is 0.318 e. The van der Waals surface area contributed by atoms with E-state index in [0.29, 0.717) is 5.56 Å². The summed E-state index contributed by atoms with van der Waals surface area (Å²) in [7, 11) is 0. The molecule has 5 heteroatoms. The average molecular weight is 335 g/mol. The highest BCUT2D eigenvalue weighted by Gasteiger charge is 2.09. The Labute approximate surface area is 145 Å². The van der Waals surface area contributed by atoms with Crippen LogP contribution in [0.4, 0.5) is 4.39 Å². The van der Waals surface area contributed by atoms with Crippen molar-refractivity contribution in [2.24, 2.45) is 5.10 Å². The fraction of sp³-hybridized carbons (Fsp3) is 0.100. The van der Waals surface area contributed by atoms with Crippen LogP contribution in [-0.2, 0) is 0 Å². The van der Waals surface area contributed by atoms with Gasteiger partial charge in [0.2, 0.25) is 0 Å². The molecule has 0 aliphatic carbocycles. The molecular weight excluding hydrogens is 317 g/mol. The second-order valence-corrected chi connectivity index (χ2v) is 5.70. The van der Waals surface area contributed by atoms with Crippen LogP contribution in [0.25, 0.3) is 5.69 Å². The molecule has 1 N–H and O–H groups in total. The van der Waals surface area contributed by atoms with Gasteiger partial charge in [0.25, 0.3) is 5.91 Å². The molecule has 0 saturated heterocycles. The summed E-state index contributed by atoms with van der Waals surface area (Å²) >= 11 is 0. The summed E-state index contributed by atoms with van der Waals surface area (Å²) < 4.78 is 15.1. The predicted octanol–water partition coefficient (Wildman–Crippen LogP) is 4.00. The van der Waals surface area contributed by atoms with Crippen LogP contribution in [0.5, 0.6) is 0 Å². The van der Waals surface area contributed by atoms with Gasteiger partial charge in [0.05, 0.1) is 6.21 Å². The summed E-state index contributed by atoms with van der Waals surface area (Å²) in [5, 5.41) is 4.04. The van der Waals surface area contributed by atoms with Crippen molar-refractivity contribution in [1.29, 1.82) is 0 Å². The number of hydrogen-bond donors (Lipinski definition) is 1. The van der Waals surface area contributed by atoms with Gasteiger partial charge in [0.1, 0.15) is 5.82 Å². The van der Waals surface area contributed by atoms with Gasteiger partial charge in [-0.3, -0.25) is 4.79 Å². The van der Waals surface area contributed by atoms with Gasteiger partial charge in [-0.25, -0.2) is 9.82 Å². The molecule has 25 heavy (non-hydrogen) atoms. The van der Waals surface area contributed by atoms with Crippen molar-refractivity contribution in [3.63, 3.8) is 0 Å². The Kier molecular flexibility index (Phi) is 4.75. The van der Waals surface area contributed by atoms with E-state index in [1.54, 1.807) is 42.6 Å². The van der Waals surface area contributed by atoms with E-state index in [1.807, 2.05) is 30.5 Å². The Morgan fingerprint density at radius 1 is 1.08 bits per heavy atom. The standard InChI is InChI=1S/C20H18FN3O/c1-14-12-17(13-22-23-20(25)16-6-4-3-5-7-16)15(2)24(14)19-10-8-18(21)9-11-19/h3-13H,1-2H3,(H,23,25)/b22-13-. The van der Waals surface area contributed by atoms with E-state index in [2.05, 4.69) is 10.5 Å². The molecule has 0 bridgehead atoms. The van der Waals surface area contributed by atoms with Gasteiger partial charge in [-0.05, 0) is 56.3 Å². The summed E-state index contributed by atoms with van der Waals surface area (Å²) in [6.07, 6.45) is 1.61. The topological polar surface area (TPSA) is 46.4 Å². The van der Waals surface area contributed by atoms with Crippen LogP contribution >= 0.6 is 0 Å². The molecular formula is C20H18FN3O. The van der Waals surface area contributed by atoms with Crippen molar-refractivity contribution >= 4 is 12.1 Å². The van der Waals surface area contributed by atoms with Crippen LogP contribution in [0.1, 0.15) is 27.3 Å². The molecule has 2 aromatic carbocycles. The van der Waals surface area contributed by atoms with Crippen LogP contribution in [-0.4, -0.2) is 16.7 Å². The van der Waals surface area contributed by atoms with E-state index in [1.165, 1.54) is 12.1 Å². The summed E-state index contributed by atoms with van der Waals surface area (Å²) in [5.41, 5.74) is 6.80. The number of halogens is 1. The third-order valence-electron chi connectivity index (χ3n) is 3.96. The van der Waals surface area contributed by atoms with E-state index in [-0.39, 0.29) is 11.7 Å². The number of hydrazone groups is 1. The van der Waals surface area contributed by atoms with E-state index in [4.69, 9.17) is 0 Å². The Balaban J connectivity index is 1.79. The smallest absolute Gasteiger partial charge is 0.271 e. The van der Waals surface area contributed by atoms with Crippen molar-refractivity contribution < 1.29 is 9.18 Å². The average Bonchev–Trinajstić information content (AvgIpc) is 2.90. The molecule has 0 atom stereocenters. The molecule has 0 saturated carbocycles. The summed E-state index contributed by atoms with van der Waals surface area (Å²) in [6, 6.07) is 17.2. The molecule has 0 spiro atoms. The van der Waals surface area contributed by atoms with Gasteiger partial charge in [0, 0.05) is 28.2 Å². The molecule has 0 unspecified atom stereocenters. The van der Waals surface area contributed by atoms with Crippen LogP contribution in [0, 0.1) is 19.7 Å². The Morgan fingerprint density at radius 2 is 1.76 bits per heavy atom. The monoisotopic (exact) mass is 335 g/mol. The van der Waals surface area contributed by atoms with E-state index in [9.17, 15) is 9.18 Å². The first-order valence-corrected chi connectivity index (χ1v) is 7.89. The van der Waals surface area contributed by atoms with E-state index >= 15 is 0 Å². The zero-order valence-electron chi connectivity index (χ0n) is 14.0. The number of nitrogens with zero attached hydrogens (tertiary/aromatic N) is 2. The maximum Gasteiger partial charge on any atom is 0.271 e. The molecule has 126 valence electrons. The third-order valence-corrected chi connectivity index (χ3v) is 3.96. The molecule has 1 aromatic heterocycles.